The number of ether oxygens (including phenoxy) is 4. The Morgan fingerprint density at radius 2 is 2.08 bits per heavy atom. The van der Waals surface area contributed by atoms with Gasteiger partial charge >= 0.3 is 5.97 Å². The summed E-state index contributed by atoms with van der Waals surface area (Å²) < 4.78 is 22.5. The summed E-state index contributed by atoms with van der Waals surface area (Å²) in [5, 5.41) is 5.58. The van der Waals surface area contributed by atoms with E-state index in [0.29, 0.717) is 40.0 Å². The molecule has 2 atom stereocenters. The fourth-order valence-electron chi connectivity index (χ4n) is 4.59. The van der Waals surface area contributed by atoms with Crippen LogP contribution in [0.5, 0.6) is 11.5 Å². The third-order valence-corrected chi connectivity index (χ3v) is 7.07. The Labute approximate surface area is 215 Å². The SMILES string of the molecule is COc1cccc([C@@H]2C(C(=O)OC(C)C)=C(C)N=C3SC=C(CC(=O)NC[C@H]4CCCO4)N32)c1OC. The highest BCUT2D eigenvalue weighted by Crippen LogP contribution is 2.48. The number of fused-ring (bicyclic) bond motifs is 1. The monoisotopic (exact) mass is 515 g/mol. The Bertz CT molecular complexity index is 1110. The molecule has 0 spiro atoms. The van der Waals surface area contributed by atoms with E-state index < -0.39 is 12.0 Å². The van der Waals surface area contributed by atoms with Crippen molar-refractivity contribution in [3.8, 4) is 11.5 Å². The number of nitrogens with one attached hydrogen (secondary N) is 1. The van der Waals surface area contributed by atoms with E-state index in [1.54, 1.807) is 27.2 Å². The van der Waals surface area contributed by atoms with Crippen LogP contribution in [0.15, 0.2) is 45.6 Å². The number of aliphatic imine (C=N–C) groups is 1. The number of para-hydroxylation sites is 1. The van der Waals surface area contributed by atoms with Crippen molar-refractivity contribution in [2.45, 2.75) is 58.3 Å². The molecule has 1 amide bonds. The fourth-order valence-corrected chi connectivity index (χ4v) is 5.55. The summed E-state index contributed by atoms with van der Waals surface area (Å²) in [6, 6.07) is 4.94. The number of carbonyl (C=O) groups excluding carboxylic acids is 2. The van der Waals surface area contributed by atoms with Gasteiger partial charge in [-0.1, -0.05) is 23.9 Å². The number of esters is 1. The smallest absolute Gasteiger partial charge is 0.338 e. The van der Waals surface area contributed by atoms with Crippen LogP contribution in [0.2, 0.25) is 0 Å². The van der Waals surface area contributed by atoms with Gasteiger partial charge in [-0.2, -0.15) is 0 Å². The van der Waals surface area contributed by atoms with E-state index in [2.05, 4.69) is 5.32 Å². The normalized spacial score (nSPS) is 21.2. The highest BCUT2D eigenvalue weighted by atomic mass is 32.2. The third kappa shape index (κ3) is 5.39. The summed E-state index contributed by atoms with van der Waals surface area (Å²) in [6.45, 7) is 6.64. The molecule has 4 rings (SSSR count). The average Bonchev–Trinajstić information content (AvgIpc) is 3.51. The van der Waals surface area contributed by atoms with E-state index in [9.17, 15) is 9.59 Å². The van der Waals surface area contributed by atoms with Gasteiger partial charge in [-0.15, -0.1) is 0 Å². The first-order valence-corrected chi connectivity index (χ1v) is 13.0. The van der Waals surface area contributed by atoms with Gasteiger partial charge in [0.1, 0.15) is 0 Å². The highest BCUT2D eigenvalue weighted by Gasteiger charge is 2.43. The predicted molar refractivity (Wildman–Crippen MR) is 138 cm³/mol. The molecule has 0 aromatic heterocycles. The molecule has 3 aliphatic heterocycles. The number of benzene rings is 1. The van der Waals surface area contributed by atoms with Gasteiger partial charge < -0.3 is 29.2 Å². The molecule has 0 radical (unpaired) electrons. The molecule has 1 saturated heterocycles. The summed E-state index contributed by atoms with van der Waals surface area (Å²) in [6.07, 6.45) is 1.85. The van der Waals surface area contributed by atoms with E-state index in [0.717, 1.165) is 25.1 Å². The predicted octanol–water partition coefficient (Wildman–Crippen LogP) is 3.92. The molecular weight excluding hydrogens is 482 g/mol. The van der Waals surface area contributed by atoms with E-state index in [-0.39, 0.29) is 24.5 Å². The number of amidine groups is 1. The lowest BCUT2D eigenvalue weighted by molar-refractivity contribution is -0.143. The molecule has 1 aromatic rings. The van der Waals surface area contributed by atoms with Gasteiger partial charge in [0.15, 0.2) is 16.7 Å². The van der Waals surface area contributed by atoms with Gasteiger partial charge in [0.05, 0.1) is 50.2 Å². The molecular formula is C26H33N3O6S. The number of amides is 1. The Morgan fingerprint density at radius 3 is 2.75 bits per heavy atom. The summed E-state index contributed by atoms with van der Waals surface area (Å²) in [7, 11) is 3.13. The molecule has 0 aliphatic carbocycles. The zero-order chi connectivity index (χ0) is 25.8. The van der Waals surface area contributed by atoms with Gasteiger partial charge in [0.25, 0.3) is 0 Å². The van der Waals surface area contributed by atoms with Crippen LogP contribution in [0, 0.1) is 0 Å². The minimum Gasteiger partial charge on any atom is -0.493 e. The maximum Gasteiger partial charge on any atom is 0.338 e. The number of carbonyl (C=O) groups is 2. The van der Waals surface area contributed by atoms with Gasteiger partial charge in [-0.05, 0) is 45.1 Å². The lowest BCUT2D eigenvalue weighted by Crippen LogP contribution is -2.39. The summed E-state index contributed by atoms with van der Waals surface area (Å²) in [4.78, 5) is 32.9. The number of methoxy groups -OCH3 is 2. The maximum atomic E-state index is 13.4. The van der Waals surface area contributed by atoms with Crippen molar-refractivity contribution >= 4 is 28.8 Å². The number of hydrogen-bond acceptors (Lipinski definition) is 9. The zero-order valence-electron chi connectivity index (χ0n) is 21.3. The first kappa shape index (κ1) is 26.1. The summed E-state index contributed by atoms with van der Waals surface area (Å²) >= 11 is 1.42. The topological polar surface area (TPSA) is 98.7 Å². The Kier molecular flexibility index (Phi) is 8.25. The molecule has 1 N–H and O–H groups in total. The molecule has 1 aromatic carbocycles. The number of thioether (sulfide) groups is 1. The molecule has 3 heterocycles. The van der Waals surface area contributed by atoms with Crippen molar-refractivity contribution < 1.29 is 28.5 Å². The number of nitrogens with zero attached hydrogens (tertiary/aromatic N) is 2. The van der Waals surface area contributed by atoms with Crippen molar-refractivity contribution in [1.82, 2.24) is 10.2 Å². The molecule has 0 unspecified atom stereocenters. The first-order valence-electron chi connectivity index (χ1n) is 12.1. The summed E-state index contributed by atoms with van der Waals surface area (Å²) in [5.41, 5.74) is 2.41. The number of hydrogen-bond donors (Lipinski definition) is 1. The molecule has 36 heavy (non-hydrogen) atoms. The van der Waals surface area contributed by atoms with Crippen LogP contribution >= 0.6 is 11.8 Å². The van der Waals surface area contributed by atoms with Crippen molar-refractivity contribution in [1.29, 1.82) is 0 Å². The van der Waals surface area contributed by atoms with Crippen LogP contribution in [0.4, 0.5) is 0 Å². The van der Waals surface area contributed by atoms with E-state index >= 15 is 0 Å². The minimum atomic E-state index is -0.610. The van der Waals surface area contributed by atoms with Crippen molar-refractivity contribution in [2.75, 3.05) is 27.4 Å². The lowest BCUT2D eigenvalue weighted by atomic mass is 9.92. The standard InChI is InChI=1S/C26H33N3O6S/c1-15(2)35-25(31)22-16(3)28-26-29(23(22)19-9-6-10-20(32-4)24(19)33-5)17(14-36-26)12-21(30)27-13-18-8-7-11-34-18/h6,9-10,14-15,18,23H,7-8,11-13H2,1-5H3,(H,27,30)/t18-,23-/m1/s1. The van der Waals surface area contributed by atoms with Gasteiger partial charge in [-0.25, -0.2) is 9.79 Å². The van der Waals surface area contributed by atoms with Gasteiger partial charge in [-0.3, -0.25) is 4.79 Å². The molecule has 0 saturated carbocycles. The molecule has 0 bridgehead atoms. The minimum absolute atomic E-state index is 0.0600. The largest absolute Gasteiger partial charge is 0.493 e. The van der Waals surface area contributed by atoms with E-state index in [1.807, 2.05) is 36.3 Å². The van der Waals surface area contributed by atoms with Crippen molar-refractivity contribution in [2.24, 2.45) is 4.99 Å². The maximum absolute atomic E-state index is 13.4. The lowest BCUT2D eigenvalue weighted by Gasteiger charge is -2.37. The molecule has 10 heteroatoms. The van der Waals surface area contributed by atoms with E-state index in [1.165, 1.54) is 11.8 Å². The molecule has 1 fully saturated rings. The number of allylic oxidation sites excluding steroid dienone is 1. The van der Waals surface area contributed by atoms with Crippen LogP contribution in [0.25, 0.3) is 0 Å². The second-order valence-corrected chi connectivity index (χ2v) is 9.88. The average molecular weight is 516 g/mol. The molecule has 3 aliphatic rings. The Balaban J connectivity index is 1.69. The zero-order valence-corrected chi connectivity index (χ0v) is 22.1. The van der Waals surface area contributed by atoms with Crippen molar-refractivity contribution in [3.63, 3.8) is 0 Å². The van der Waals surface area contributed by atoms with Crippen LogP contribution < -0.4 is 14.8 Å². The third-order valence-electron chi connectivity index (χ3n) is 6.18. The van der Waals surface area contributed by atoms with Crippen LogP contribution in [0.3, 0.4) is 0 Å². The second-order valence-electron chi connectivity index (χ2n) is 9.05. The van der Waals surface area contributed by atoms with Gasteiger partial charge in [0.2, 0.25) is 5.91 Å². The first-order chi connectivity index (χ1) is 17.3. The van der Waals surface area contributed by atoms with Gasteiger partial charge in [0, 0.05) is 24.4 Å². The Morgan fingerprint density at radius 1 is 1.28 bits per heavy atom. The second kappa shape index (κ2) is 11.4. The fraction of sp³-hybridized carbons (Fsp3) is 0.500. The van der Waals surface area contributed by atoms with Crippen LogP contribution in [-0.4, -0.2) is 61.5 Å². The Hall–Kier alpha value is -2.98. The number of rotatable bonds is 9. The van der Waals surface area contributed by atoms with Crippen LogP contribution in [0.1, 0.15) is 51.6 Å². The highest BCUT2D eigenvalue weighted by molar-refractivity contribution is 8.16. The van der Waals surface area contributed by atoms with Crippen molar-refractivity contribution in [3.05, 3.63) is 46.1 Å². The molecule has 194 valence electrons. The van der Waals surface area contributed by atoms with Crippen LogP contribution in [-0.2, 0) is 19.1 Å². The quantitative estimate of drug-likeness (QED) is 0.494. The molecule has 9 nitrogen and oxygen atoms in total. The summed E-state index contributed by atoms with van der Waals surface area (Å²) in [5.74, 6) is 0.472. The van der Waals surface area contributed by atoms with E-state index in [4.69, 9.17) is 23.9 Å².